The molecule has 2 aliphatic rings. The number of amides is 1. The lowest BCUT2D eigenvalue weighted by Crippen LogP contribution is -2.50. The Morgan fingerprint density at radius 3 is 2.50 bits per heavy atom. The smallest absolute Gasteiger partial charge is 0.308 e. The van der Waals surface area contributed by atoms with Crippen molar-refractivity contribution in [3.05, 3.63) is 27.9 Å². The van der Waals surface area contributed by atoms with E-state index in [9.17, 15) is 18.0 Å². The first-order chi connectivity index (χ1) is 14.4. The highest BCUT2D eigenvalue weighted by molar-refractivity contribution is 7.89. The maximum Gasteiger partial charge on any atom is 0.308 e. The molecule has 0 bridgehead atoms. The molecular formula is C21H29N3O4S2. The van der Waals surface area contributed by atoms with Gasteiger partial charge in [0.05, 0.1) is 15.1 Å². The zero-order valence-electron chi connectivity index (χ0n) is 17.4. The van der Waals surface area contributed by atoms with Crippen molar-refractivity contribution in [1.29, 1.82) is 0 Å². The Bertz CT molecular complexity index is 1080. The van der Waals surface area contributed by atoms with Crippen LogP contribution in [-0.2, 0) is 21.4 Å². The minimum Gasteiger partial charge on any atom is -0.340 e. The molecule has 1 aromatic heterocycles. The molecule has 0 radical (unpaired) electrons. The van der Waals surface area contributed by atoms with Crippen LogP contribution in [0.15, 0.2) is 27.9 Å². The number of hydrogen-bond acceptors (Lipinski definition) is 5. The molecule has 1 saturated carbocycles. The van der Waals surface area contributed by atoms with E-state index in [1.807, 2.05) is 6.92 Å². The summed E-state index contributed by atoms with van der Waals surface area (Å²) in [5.74, 6) is 0.829. The summed E-state index contributed by atoms with van der Waals surface area (Å²) in [7, 11) is -3.65. The first-order valence-corrected chi connectivity index (χ1v) is 13.1. The van der Waals surface area contributed by atoms with Crippen LogP contribution in [0.1, 0.15) is 45.4 Å². The van der Waals surface area contributed by atoms with Gasteiger partial charge in [-0.05, 0) is 37.5 Å². The minimum absolute atomic E-state index is 0.0771. The van der Waals surface area contributed by atoms with E-state index in [1.165, 1.54) is 30.0 Å². The van der Waals surface area contributed by atoms with Crippen molar-refractivity contribution in [2.24, 2.45) is 5.92 Å². The first-order valence-electron chi connectivity index (χ1n) is 10.8. The number of carbonyl (C=O) groups excluding carboxylic acids is 1. The summed E-state index contributed by atoms with van der Waals surface area (Å²) in [5, 5.41) is 0. The number of sulfonamides is 1. The van der Waals surface area contributed by atoms with Gasteiger partial charge in [-0.2, -0.15) is 4.31 Å². The van der Waals surface area contributed by atoms with Crippen LogP contribution in [0.5, 0.6) is 0 Å². The maximum absolute atomic E-state index is 13.1. The van der Waals surface area contributed by atoms with Crippen LogP contribution < -0.4 is 4.87 Å². The van der Waals surface area contributed by atoms with Gasteiger partial charge in [0.1, 0.15) is 0 Å². The van der Waals surface area contributed by atoms with Crippen molar-refractivity contribution < 1.29 is 13.2 Å². The van der Waals surface area contributed by atoms with Crippen molar-refractivity contribution in [2.75, 3.05) is 26.2 Å². The lowest BCUT2D eigenvalue weighted by atomic mass is 10.0. The molecule has 2 heterocycles. The highest BCUT2D eigenvalue weighted by atomic mass is 32.2. The normalized spacial score (nSPS) is 19.0. The van der Waals surface area contributed by atoms with E-state index in [0.717, 1.165) is 23.3 Å². The molecular weight excluding hydrogens is 422 g/mol. The van der Waals surface area contributed by atoms with Crippen LogP contribution in [0, 0.1) is 5.92 Å². The third-order valence-electron chi connectivity index (χ3n) is 6.43. The maximum atomic E-state index is 13.1. The van der Waals surface area contributed by atoms with Gasteiger partial charge < -0.3 is 4.90 Å². The number of aromatic nitrogens is 1. The average molecular weight is 452 g/mol. The predicted octanol–water partition coefficient (Wildman–Crippen LogP) is 2.89. The highest BCUT2D eigenvalue weighted by Gasteiger charge is 2.30. The summed E-state index contributed by atoms with van der Waals surface area (Å²) in [4.78, 5) is 26.5. The molecule has 2 fully saturated rings. The van der Waals surface area contributed by atoms with Gasteiger partial charge in [-0.25, -0.2) is 8.42 Å². The van der Waals surface area contributed by atoms with Crippen LogP contribution in [0.2, 0.25) is 0 Å². The third-order valence-corrected chi connectivity index (χ3v) is 9.26. The van der Waals surface area contributed by atoms with Crippen molar-refractivity contribution in [3.63, 3.8) is 0 Å². The fourth-order valence-corrected chi connectivity index (χ4v) is 7.14. The Balaban J connectivity index is 1.40. The van der Waals surface area contributed by atoms with Crippen LogP contribution in [0.3, 0.4) is 0 Å². The van der Waals surface area contributed by atoms with Crippen molar-refractivity contribution in [3.8, 4) is 0 Å². The summed E-state index contributed by atoms with van der Waals surface area (Å²) < 4.78 is 30.0. The largest absolute Gasteiger partial charge is 0.340 e. The molecule has 9 heteroatoms. The Morgan fingerprint density at radius 2 is 1.83 bits per heavy atom. The molecule has 1 saturated heterocycles. The quantitative estimate of drug-likeness (QED) is 0.676. The van der Waals surface area contributed by atoms with Crippen molar-refractivity contribution in [2.45, 2.75) is 56.9 Å². The molecule has 1 amide bonds. The number of hydrogen-bond donors (Lipinski definition) is 0. The molecule has 0 N–H and O–H groups in total. The molecule has 0 atom stereocenters. The predicted molar refractivity (Wildman–Crippen MR) is 118 cm³/mol. The van der Waals surface area contributed by atoms with E-state index in [1.54, 1.807) is 27.7 Å². The molecule has 4 rings (SSSR count). The van der Waals surface area contributed by atoms with Gasteiger partial charge in [0, 0.05) is 39.1 Å². The number of rotatable bonds is 6. The number of nitrogens with zero attached hydrogens (tertiary/aromatic N) is 3. The zero-order chi connectivity index (χ0) is 21.3. The van der Waals surface area contributed by atoms with Gasteiger partial charge in [-0.1, -0.05) is 37.0 Å². The van der Waals surface area contributed by atoms with Gasteiger partial charge in [-0.3, -0.25) is 14.2 Å². The van der Waals surface area contributed by atoms with E-state index in [-0.39, 0.29) is 15.7 Å². The van der Waals surface area contributed by atoms with E-state index in [2.05, 4.69) is 0 Å². The number of aryl methyl sites for hydroxylation is 1. The second-order valence-electron chi connectivity index (χ2n) is 8.22. The van der Waals surface area contributed by atoms with E-state index in [4.69, 9.17) is 0 Å². The van der Waals surface area contributed by atoms with Crippen molar-refractivity contribution in [1.82, 2.24) is 13.8 Å². The summed E-state index contributed by atoms with van der Waals surface area (Å²) >= 11 is 1.07. The lowest BCUT2D eigenvalue weighted by molar-refractivity contribution is -0.132. The van der Waals surface area contributed by atoms with Gasteiger partial charge >= 0.3 is 4.87 Å². The average Bonchev–Trinajstić information content (AvgIpc) is 3.38. The summed E-state index contributed by atoms with van der Waals surface area (Å²) in [6, 6.07) is 4.89. The molecule has 1 aliphatic heterocycles. The monoisotopic (exact) mass is 451 g/mol. The number of piperazine rings is 1. The molecule has 0 unspecified atom stereocenters. The number of fused-ring (bicyclic) bond motifs is 1. The Hall–Kier alpha value is -1.71. The van der Waals surface area contributed by atoms with Crippen LogP contribution >= 0.6 is 11.3 Å². The van der Waals surface area contributed by atoms with Gasteiger partial charge in [0.25, 0.3) is 0 Å². The minimum atomic E-state index is -3.65. The second-order valence-corrected chi connectivity index (χ2v) is 11.1. The standard InChI is InChI=1S/C21H29N3O4S2/c1-2-24-18-9-8-17(15-19(18)29-21(24)26)30(27,28)23-13-11-22(12-14-23)20(25)10-7-16-5-3-4-6-16/h8-9,15-16H,2-7,10-14H2,1H3. The van der Waals surface area contributed by atoms with E-state index in [0.29, 0.717) is 49.8 Å². The van der Waals surface area contributed by atoms with Crippen LogP contribution in [0.4, 0.5) is 0 Å². The summed E-state index contributed by atoms with van der Waals surface area (Å²) in [6.07, 6.45) is 6.56. The van der Waals surface area contributed by atoms with Crippen LogP contribution in [-0.4, -0.2) is 54.3 Å². The van der Waals surface area contributed by atoms with Crippen LogP contribution in [0.25, 0.3) is 10.2 Å². The molecule has 2 aromatic rings. The molecule has 164 valence electrons. The van der Waals surface area contributed by atoms with Crippen molar-refractivity contribution >= 4 is 37.5 Å². The first kappa shape index (κ1) is 21.5. The molecule has 0 spiro atoms. The van der Waals surface area contributed by atoms with E-state index >= 15 is 0 Å². The topological polar surface area (TPSA) is 79.7 Å². The molecule has 7 nitrogen and oxygen atoms in total. The highest BCUT2D eigenvalue weighted by Crippen LogP contribution is 2.29. The summed E-state index contributed by atoms with van der Waals surface area (Å²) in [6.45, 7) is 3.94. The van der Waals surface area contributed by atoms with E-state index < -0.39 is 10.0 Å². The Morgan fingerprint density at radius 1 is 1.13 bits per heavy atom. The zero-order valence-corrected chi connectivity index (χ0v) is 19.0. The van der Waals surface area contributed by atoms with Gasteiger partial charge in [0.15, 0.2) is 0 Å². The molecule has 30 heavy (non-hydrogen) atoms. The number of benzene rings is 1. The third kappa shape index (κ3) is 4.20. The second kappa shape index (κ2) is 8.80. The fourth-order valence-electron chi connectivity index (χ4n) is 4.62. The number of thiazole rings is 1. The molecule has 1 aliphatic carbocycles. The molecule has 1 aromatic carbocycles. The number of carbonyl (C=O) groups is 1. The Labute approximate surface area is 181 Å². The lowest BCUT2D eigenvalue weighted by Gasteiger charge is -2.34. The SMILES string of the molecule is CCn1c(=O)sc2cc(S(=O)(=O)N3CCN(C(=O)CCC4CCCC4)CC3)ccc21. The van der Waals surface area contributed by atoms with Gasteiger partial charge in [-0.15, -0.1) is 0 Å². The Kier molecular flexibility index (Phi) is 6.31. The fraction of sp³-hybridized carbons (Fsp3) is 0.619. The summed E-state index contributed by atoms with van der Waals surface area (Å²) in [5.41, 5.74) is 0.768. The van der Waals surface area contributed by atoms with Gasteiger partial charge in [0.2, 0.25) is 15.9 Å².